The number of piperazine rings is 1. The van der Waals surface area contributed by atoms with E-state index in [9.17, 15) is 4.79 Å². The Morgan fingerprint density at radius 3 is 2.70 bits per heavy atom. The number of pyridine rings is 2. The SMILES string of the molecule is CN1CCN(C2(CNC(=O)c3cncc4cccnc34)CCCCC2)CC1. The predicted molar refractivity (Wildman–Crippen MR) is 107 cm³/mol. The molecule has 1 aliphatic carbocycles. The summed E-state index contributed by atoms with van der Waals surface area (Å²) < 4.78 is 0. The molecule has 1 saturated carbocycles. The average Bonchev–Trinajstić information content (AvgIpc) is 2.73. The van der Waals surface area contributed by atoms with Gasteiger partial charge in [-0.15, -0.1) is 0 Å². The Bertz CT molecular complexity index is 789. The number of nitrogens with one attached hydrogen (secondary N) is 1. The summed E-state index contributed by atoms with van der Waals surface area (Å²) in [6.07, 6.45) is 11.3. The lowest BCUT2D eigenvalue weighted by molar-refractivity contribution is 0.0138. The fourth-order valence-electron chi connectivity index (χ4n) is 4.60. The van der Waals surface area contributed by atoms with Gasteiger partial charge >= 0.3 is 0 Å². The molecule has 0 aromatic carbocycles. The molecule has 1 saturated heterocycles. The molecule has 1 amide bonds. The Kier molecular flexibility index (Phi) is 5.36. The smallest absolute Gasteiger partial charge is 0.255 e. The largest absolute Gasteiger partial charge is 0.350 e. The van der Waals surface area contributed by atoms with Crippen molar-refractivity contribution in [3.05, 3.63) is 36.3 Å². The van der Waals surface area contributed by atoms with Gasteiger partial charge in [0.25, 0.3) is 5.91 Å². The third kappa shape index (κ3) is 3.82. The maximum atomic E-state index is 13.0. The first-order valence-electron chi connectivity index (χ1n) is 10.1. The Morgan fingerprint density at radius 2 is 1.93 bits per heavy atom. The molecule has 0 unspecified atom stereocenters. The van der Waals surface area contributed by atoms with Crippen LogP contribution in [-0.2, 0) is 0 Å². The maximum Gasteiger partial charge on any atom is 0.255 e. The summed E-state index contributed by atoms with van der Waals surface area (Å²) in [5, 5.41) is 4.14. The summed E-state index contributed by atoms with van der Waals surface area (Å²) in [5.74, 6) is -0.0640. The first-order valence-corrected chi connectivity index (χ1v) is 10.1. The van der Waals surface area contributed by atoms with Crippen LogP contribution in [-0.4, -0.2) is 71.0 Å². The number of fused-ring (bicyclic) bond motifs is 1. The molecule has 2 aromatic heterocycles. The molecule has 0 atom stereocenters. The van der Waals surface area contributed by atoms with Crippen molar-refractivity contribution in [3.63, 3.8) is 0 Å². The molecule has 4 rings (SSSR count). The summed E-state index contributed by atoms with van der Waals surface area (Å²) in [7, 11) is 2.19. The van der Waals surface area contributed by atoms with Crippen LogP contribution in [0.2, 0.25) is 0 Å². The fraction of sp³-hybridized carbons (Fsp3) is 0.571. The molecule has 27 heavy (non-hydrogen) atoms. The van der Waals surface area contributed by atoms with Crippen LogP contribution >= 0.6 is 0 Å². The van der Waals surface area contributed by atoms with Gasteiger partial charge in [-0.05, 0) is 32.0 Å². The highest BCUT2D eigenvalue weighted by Crippen LogP contribution is 2.34. The van der Waals surface area contributed by atoms with Crippen molar-refractivity contribution >= 4 is 16.8 Å². The zero-order chi connectivity index (χ0) is 18.7. The van der Waals surface area contributed by atoms with Crippen LogP contribution in [0.4, 0.5) is 0 Å². The molecule has 0 radical (unpaired) electrons. The third-order valence-electron chi connectivity index (χ3n) is 6.29. The number of nitrogens with zero attached hydrogens (tertiary/aromatic N) is 4. The van der Waals surface area contributed by atoms with E-state index in [0.29, 0.717) is 12.1 Å². The molecule has 144 valence electrons. The van der Waals surface area contributed by atoms with Gasteiger partial charge in [-0.25, -0.2) is 0 Å². The molecule has 6 heteroatoms. The van der Waals surface area contributed by atoms with E-state index < -0.39 is 0 Å². The van der Waals surface area contributed by atoms with Crippen LogP contribution in [0.5, 0.6) is 0 Å². The Hall–Kier alpha value is -2.05. The van der Waals surface area contributed by atoms with E-state index in [0.717, 1.165) is 37.1 Å². The second-order valence-electron chi connectivity index (χ2n) is 8.02. The molecule has 6 nitrogen and oxygen atoms in total. The van der Waals surface area contributed by atoms with Crippen molar-refractivity contribution in [1.29, 1.82) is 0 Å². The minimum absolute atomic E-state index is 0.0640. The Labute approximate surface area is 161 Å². The van der Waals surface area contributed by atoms with Crippen molar-refractivity contribution in [3.8, 4) is 0 Å². The minimum Gasteiger partial charge on any atom is -0.350 e. The number of hydrogen-bond donors (Lipinski definition) is 1. The van der Waals surface area contributed by atoms with Crippen LogP contribution in [0.3, 0.4) is 0 Å². The number of hydrogen-bond acceptors (Lipinski definition) is 5. The van der Waals surface area contributed by atoms with Crippen molar-refractivity contribution in [1.82, 2.24) is 25.1 Å². The lowest BCUT2D eigenvalue weighted by Gasteiger charge is -2.49. The quantitative estimate of drug-likeness (QED) is 0.899. The van der Waals surface area contributed by atoms with Gasteiger partial charge in [-0.3, -0.25) is 19.7 Å². The first kappa shape index (κ1) is 18.3. The zero-order valence-corrected chi connectivity index (χ0v) is 16.2. The van der Waals surface area contributed by atoms with E-state index in [1.165, 1.54) is 32.1 Å². The number of likely N-dealkylation sites (N-methyl/N-ethyl adjacent to an activating group) is 1. The molecule has 2 aromatic rings. The van der Waals surface area contributed by atoms with E-state index in [-0.39, 0.29) is 11.4 Å². The predicted octanol–water partition coefficient (Wildman–Crippen LogP) is 2.31. The fourth-order valence-corrected chi connectivity index (χ4v) is 4.60. The van der Waals surface area contributed by atoms with Gasteiger partial charge in [0.05, 0.1) is 11.1 Å². The minimum atomic E-state index is -0.0640. The number of rotatable bonds is 4. The summed E-state index contributed by atoms with van der Waals surface area (Å²) in [6.45, 7) is 5.09. The molecule has 0 spiro atoms. The number of carbonyl (C=O) groups is 1. The monoisotopic (exact) mass is 367 g/mol. The highest BCUT2D eigenvalue weighted by molar-refractivity contribution is 6.04. The molecule has 3 heterocycles. The lowest BCUT2D eigenvalue weighted by Crippen LogP contribution is -2.61. The van der Waals surface area contributed by atoms with Crippen LogP contribution in [0.25, 0.3) is 10.9 Å². The van der Waals surface area contributed by atoms with Gasteiger partial charge in [0.2, 0.25) is 0 Å². The van der Waals surface area contributed by atoms with Crippen LogP contribution in [0.15, 0.2) is 30.7 Å². The van der Waals surface area contributed by atoms with Gasteiger partial charge in [0, 0.05) is 62.2 Å². The van der Waals surface area contributed by atoms with Crippen LogP contribution in [0, 0.1) is 0 Å². The number of amides is 1. The Morgan fingerprint density at radius 1 is 1.15 bits per heavy atom. The van der Waals surface area contributed by atoms with Crippen molar-refractivity contribution < 1.29 is 4.79 Å². The van der Waals surface area contributed by atoms with Gasteiger partial charge in [-0.2, -0.15) is 0 Å². The Balaban J connectivity index is 1.51. The molecular formula is C21H29N5O. The molecular weight excluding hydrogens is 338 g/mol. The lowest BCUT2D eigenvalue weighted by atomic mass is 9.79. The highest BCUT2D eigenvalue weighted by atomic mass is 16.1. The van der Waals surface area contributed by atoms with E-state index in [1.807, 2.05) is 12.1 Å². The topological polar surface area (TPSA) is 61.4 Å². The van der Waals surface area contributed by atoms with Gasteiger partial charge in [0.1, 0.15) is 0 Å². The van der Waals surface area contributed by atoms with E-state index in [2.05, 4.69) is 32.1 Å². The van der Waals surface area contributed by atoms with Crippen molar-refractivity contribution in [2.75, 3.05) is 39.8 Å². The third-order valence-corrected chi connectivity index (χ3v) is 6.29. The van der Waals surface area contributed by atoms with Crippen LogP contribution < -0.4 is 5.32 Å². The second-order valence-corrected chi connectivity index (χ2v) is 8.02. The standard InChI is InChI=1S/C21H29N5O/c1-25-10-12-26(13-11-25)21(7-3-2-4-8-21)16-24-20(27)18-15-22-14-17-6-5-9-23-19(17)18/h5-6,9,14-15H,2-4,7-8,10-13,16H2,1H3,(H,24,27). The molecule has 2 aliphatic rings. The average molecular weight is 367 g/mol. The first-order chi connectivity index (χ1) is 13.2. The van der Waals surface area contributed by atoms with E-state index >= 15 is 0 Å². The van der Waals surface area contributed by atoms with Crippen molar-refractivity contribution in [2.45, 2.75) is 37.6 Å². The molecule has 2 fully saturated rings. The van der Waals surface area contributed by atoms with Crippen LogP contribution in [0.1, 0.15) is 42.5 Å². The maximum absolute atomic E-state index is 13.0. The van der Waals surface area contributed by atoms with Gasteiger partial charge in [-0.1, -0.05) is 19.3 Å². The molecule has 1 N–H and O–H groups in total. The number of aromatic nitrogens is 2. The summed E-state index contributed by atoms with van der Waals surface area (Å²) in [5.41, 5.74) is 1.39. The highest BCUT2D eigenvalue weighted by Gasteiger charge is 2.39. The number of carbonyl (C=O) groups excluding carboxylic acids is 1. The van der Waals surface area contributed by atoms with Gasteiger partial charge in [0.15, 0.2) is 0 Å². The van der Waals surface area contributed by atoms with E-state index in [4.69, 9.17) is 0 Å². The van der Waals surface area contributed by atoms with Crippen molar-refractivity contribution in [2.24, 2.45) is 0 Å². The molecule has 1 aliphatic heterocycles. The normalized spacial score (nSPS) is 21.2. The molecule has 0 bridgehead atoms. The summed E-state index contributed by atoms with van der Waals surface area (Å²) in [6, 6.07) is 3.81. The zero-order valence-electron chi connectivity index (χ0n) is 16.2. The summed E-state index contributed by atoms with van der Waals surface area (Å²) >= 11 is 0. The second kappa shape index (κ2) is 7.90. The van der Waals surface area contributed by atoms with E-state index in [1.54, 1.807) is 18.6 Å². The summed E-state index contributed by atoms with van der Waals surface area (Å²) in [4.78, 5) is 26.6. The van der Waals surface area contributed by atoms with Gasteiger partial charge < -0.3 is 10.2 Å².